The highest BCUT2D eigenvalue weighted by Crippen LogP contribution is 2.36. The molecule has 1 fully saturated rings. The lowest BCUT2D eigenvalue weighted by atomic mass is 10.2. The second-order valence-corrected chi connectivity index (χ2v) is 7.70. The van der Waals surface area contributed by atoms with Gasteiger partial charge < -0.3 is 9.84 Å². The number of thioether (sulfide) groups is 1. The lowest BCUT2D eigenvalue weighted by Gasteiger charge is -2.14. The Balaban J connectivity index is 1.83. The van der Waals surface area contributed by atoms with Crippen molar-refractivity contribution in [3.8, 4) is 5.75 Å². The number of carbonyl (C=O) groups is 2. The van der Waals surface area contributed by atoms with Gasteiger partial charge in [-0.15, -0.1) is 0 Å². The number of carboxylic acids is 1. The molecule has 1 aliphatic rings. The molecule has 1 heterocycles. The number of benzene rings is 2. The van der Waals surface area contributed by atoms with Gasteiger partial charge in [-0.05, 0) is 49.8 Å². The summed E-state index contributed by atoms with van der Waals surface area (Å²) < 4.78 is 5.85. The number of rotatable bonds is 5. The molecule has 2 aromatic carbocycles. The van der Waals surface area contributed by atoms with E-state index in [2.05, 4.69) is 0 Å². The predicted octanol–water partition coefficient (Wildman–Crippen LogP) is 4.25. The molecule has 1 saturated heterocycles. The van der Waals surface area contributed by atoms with E-state index < -0.39 is 12.1 Å². The maximum atomic E-state index is 12.8. The van der Waals surface area contributed by atoms with Crippen LogP contribution >= 0.6 is 24.0 Å². The summed E-state index contributed by atoms with van der Waals surface area (Å²) in [5.41, 5.74) is 2.57. The first-order valence-electron chi connectivity index (χ1n) is 8.19. The van der Waals surface area contributed by atoms with E-state index in [9.17, 15) is 9.59 Å². The van der Waals surface area contributed by atoms with Crippen LogP contribution in [-0.4, -0.2) is 27.4 Å². The smallest absolute Gasteiger partial charge is 0.344 e. The van der Waals surface area contributed by atoms with Gasteiger partial charge in [-0.25, -0.2) is 4.79 Å². The summed E-state index contributed by atoms with van der Waals surface area (Å²) in [6.07, 6.45) is 0.770. The van der Waals surface area contributed by atoms with Crippen molar-refractivity contribution in [3.05, 3.63) is 64.6 Å². The SMILES string of the molecule is Cc1ccc(N2C(=O)/C(=C/c3cccc(OC(C)C(=O)O)c3)SC2=S)cc1. The van der Waals surface area contributed by atoms with Crippen LogP contribution in [0.1, 0.15) is 18.1 Å². The highest BCUT2D eigenvalue weighted by molar-refractivity contribution is 8.27. The second kappa shape index (κ2) is 7.94. The van der Waals surface area contributed by atoms with Crippen molar-refractivity contribution in [3.63, 3.8) is 0 Å². The molecule has 1 aliphatic heterocycles. The predicted molar refractivity (Wildman–Crippen MR) is 111 cm³/mol. The molecule has 5 nitrogen and oxygen atoms in total. The Labute approximate surface area is 166 Å². The lowest BCUT2D eigenvalue weighted by Crippen LogP contribution is -2.27. The maximum absolute atomic E-state index is 12.8. The van der Waals surface area contributed by atoms with Crippen LogP contribution in [0, 0.1) is 6.92 Å². The Kier molecular flexibility index (Phi) is 5.62. The van der Waals surface area contributed by atoms with Crippen molar-refractivity contribution in [2.75, 3.05) is 4.90 Å². The van der Waals surface area contributed by atoms with Crippen LogP contribution in [0.2, 0.25) is 0 Å². The fraction of sp³-hybridized carbons (Fsp3) is 0.150. The summed E-state index contributed by atoms with van der Waals surface area (Å²) >= 11 is 6.61. The van der Waals surface area contributed by atoms with Gasteiger partial charge in [-0.1, -0.05) is 53.8 Å². The highest BCUT2D eigenvalue weighted by atomic mass is 32.2. The van der Waals surface area contributed by atoms with Crippen molar-refractivity contribution >= 4 is 51.9 Å². The van der Waals surface area contributed by atoms with Gasteiger partial charge in [0.05, 0.1) is 10.6 Å². The molecule has 2 aromatic rings. The van der Waals surface area contributed by atoms with Crippen molar-refractivity contribution in [2.24, 2.45) is 0 Å². The summed E-state index contributed by atoms with van der Waals surface area (Å²) in [6.45, 7) is 3.44. The van der Waals surface area contributed by atoms with Gasteiger partial charge in [-0.2, -0.15) is 0 Å². The third kappa shape index (κ3) is 4.37. The number of hydrogen-bond donors (Lipinski definition) is 1. The molecule has 138 valence electrons. The highest BCUT2D eigenvalue weighted by Gasteiger charge is 2.33. The number of thiocarbonyl (C=S) groups is 1. The van der Waals surface area contributed by atoms with E-state index in [0.717, 1.165) is 16.8 Å². The number of amides is 1. The second-order valence-electron chi connectivity index (χ2n) is 6.02. The van der Waals surface area contributed by atoms with Crippen molar-refractivity contribution in [1.82, 2.24) is 0 Å². The number of ether oxygens (including phenoxy) is 1. The van der Waals surface area contributed by atoms with Crippen LogP contribution in [0.3, 0.4) is 0 Å². The van der Waals surface area contributed by atoms with Crippen molar-refractivity contribution < 1.29 is 19.4 Å². The third-order valence-electron chi connectivity index (χ3n) is 3.90. The van der Waals surface area contributed by atoms with E-state index in [-0.39, 0.29) is 5.91 Å². The molecule has 1 N–H and O–H groups in total. The quantitative estimate of drug-likeness (QED) is 0.599. The number of carboxylic acid groups (broad SMARTS) is 1. The summed E-state index contributed by atoms with van der Waals surface area (Å²) in [7, 11) is 0. The zero-order chi connectivity index (χ0) is 19.6. The van der Waals surface area contributed by atoms with E-state index in [1.165, 1.54) is 23.6 Å². The molecule has 1 atom stereocenters. The Hall–Kier alpha value is -2.64. The molecule has 0 aliphatic carbocycles. The first kappa shape index (κ1) is 19.1. The summed E-state index contributed by atoms with van der Waals surface area (Å²) in [4.78, 5) is 25.7. The van der Waals surface area contributed by atoms with Gasteiger partial charge in [0.2, 0.25) is 0 Å². The Morgan fingerprint density at radius 3 is 2.63 bits per heavy atom. The van der Waals surface area contributed by atoms with Gasteiger partial charge in [0.15, 0.2) is 10.4 Å². The van der Waals surface area contributed by atoms with Crippen LogP contribution in [0.5, 0.6) is 5.75 Å². The van der Waals surface area contributed by atoms with Gasteiger partial charge >= 0.3 is 5.97 Å². The van der Waals surface area contributed by atoms with E-state index in [0.29, 0.717) is 15.0 Å². The monoisotopic (exact) mass is 399 g/mol. The molecule has 0 spiro atoms. The van der Waals surface area contributed by atoms with Crippen LogP contribution in [0.15, 0.2) is 53.4 Å². The fourth-order valence-electron chi connectivity index (χ4n) is 2.47. The Morgan fingerprint density at radius 2 is 1.96 bits per heavy atom. The maximum Gasteiger partial charge on any atom is 0.344 e. The normalized spacial score (nSPS) is 16.7. The minimum atomic E-state index is -1.04. The average molecular weight is 399 g/mol. The number of hydrogen-bond acceptors (Lipinski definition) is 5. The molecule has 0 aromatic heterocycles. The minimum Gasteiger partial charge on any atom is -0.479 e. The molecule has 3 rings (SSSR count). The first-order chi connectivity index (χ1) is 12.8. The fourth-order valence-corrected chi connectivity index (χ4v) is 3.77. The number of carbonyl (C=O) groups excluding carboxylic acids is 1. The molecule has 27 heavy (non-hydrogen) atoms. The largest absolute Gasteiger partial charge is 0.479 e. The number of nitrogens with zero attached hydrogens (tertiary/aromatic N) is 1. The molecule has 0 bridgehead atoms. The van der Waals surface area contributed by atoms with Gasteiger partial charge in [-0.3, -0.25) is 9.69 Å². The summed E-state index contributed by atoms with van der Waals surface area (Å²) in [5, 5.41) is 8.96. The van der Waals surface area contributed by atoms with Crippen LogP contribution in [-0.2, 0) is 9.59 Å². The topological polar surface area (TPSA) is 66.8 Å². The van der Waals surface area contributed by atoms with Gasteiger partial charge in [0.25, 0.3) is 5.91 Å². The van der Waals surface area contributed by atoms with E-state index in [1.807, 2.05) is 37.3 Å². The number of anilines is 1. The summed E-state index contributed by atoms with van der Waals surface area (Å²) in [6, 6.07) is 14.5. The van der Waals surface area contributed by atoms with E-state index in [4.69, 9.17) is 22.1 Å². The van der Waals surface area contributed by atoms with Crippen molar-refractivity contribution in [1.29, 1.82) is 0 Å². The minimum absolute atomic E-state index is 0.181. The Morgan fingerprint density at radius 1 is 1.26 bits per heavy atom. The number of aryl methyl sites for hydroxylation is 1. The molecule has 0 radical (unpaired) electrons. The zero-order valence-electron chi connectivity index (χ0n) is 14.7. The van der Waals surface area contributed by atoms with Gasteiger partial charge in [0, 0.05) is 0 Å². The van der Waals surface area contributed by atoms with Crippen molar-refractivity contribution in [2.45, 2.75) is 20.0 Å². The zero-order valence-corrected chi connectivity index (χ0v) is 16.3. The standard InChI is InChI=1S/C20H17NO4S2/c1-12-6-8-15(9-7-12)21-18(22)17(27-20(21)26)11-14-4-3-5-16(10-14)25-13(2)19(23)24/h3-11,13H,1-2H3,(H,23,24)/b17-11-. The lowest BCUT2D eigenvalue weighted by molar-refractivity contribution is -0.144. The third-order valence-corrected chi connectivity index (χ3v) is 5.20. The number of aliphatic carboxylic acids is 1. The van der Waals surface area contributed by atoms with Crippen LogP contribution in [0.25, 0.3) is 6.08 Å². The Bertz CT molecular complexity index is 937. The van der Waals surface area contributed by atoms with E-state index in [1.54, 1.807) is 24.3 Å². The van der Waals surface area contributed by atoms with Crippen LogP contribution < -0.4 is 9.64 Å². The molecule has 0 saturated carbocycles. The van der Waals surface area contributed by atoms with Gasteiger partial charge in [0.1, 0.15) is 5.75 Å². The first-order valence-corrected chi connectivity index (χ1v) is 9.42. The molecule has 7 heteroatoms. The van der Waals surface area contributed by atoms with E-state index >= 15 is 0 Å². The molecular formula is C20H17NO4S2. The molecule has 1 amide bonds. The molecular weight excluding hydrogens is 382 g/mol. The average Bonchev–Trinajstić information content (AvgIpc) is 2.90. The summed E-state index contributed by atoms with van der Waals surface area (Å²) in [5.74, 6) is -0.800. The van der Waals surface area contributed by atoms with Crippen LogP contribution in [0.4, 0.5) is 5.69 Å². The molecule has 1 unspecified atom stereocenters.